The van der Waals surface area contributed by atoms with Crippen molar-refractivity contribution in [2.75, 3.05) is 0 Å². The van der Waals surface area contributed by atoms with Gasteiger partial charge in [0, 0.05) is 6.07 Å². The Labute approximate surface area is 433 Å². The summed E-state index contributed by atoms with van der Waals surface area (Å²) in [6.45, 7) is 0. The van der Waals surface area contributed by atoms with Crippen LogP contribution in [0.2, 0.25) is 0 Å². The van der Waals surface area contributed by atoms with Crippen LogP contribution in [0.4, 0.5) is 0 Å². The van der Waals surface area contributed by atoms with Gasteiger partial charge in [-0.25, -0.2) is 0 Å². The molecule has 0 aliphatic rings. The predicted molar refractivity (Wildman–Crippen MR) is 287 cm³/mol. The van der Waals surface area contributed by atoms with E-state index in [4.69, 9.17) is 12.8 Å². The molecule has 330 valence electrons. The van der Waals surface area contributed by atoms with Gasteiger partial charge in [-0.2, -0.15) is 5.26 Å². The summed E-state index contributed by atoms with van der Waals surface area (Å²) in [6.07, 6.45) is 14.6. The molecule has 0 bridgehead atoms. The first kappa shape index (κ1) is 49.3. The number of fused-ring (bicyclic) bond motifs is 6. The fourth-order valence-corrected chi connectivity index (χ4v) is 14.7. The summed E-state index contributed by atoms with van der Waals surface area (Å²) in [5.41, 5.74) is 2.42. The van der Waals surface area contributed by atoms with Crippen molar-refractivity contribution in [3.8, 4) is 17.9 Å². The van der Waals surface area contributed by atoms with E-state index >= 15 is 0 Å². The maximum absolute atomic E-state index is 9.82. The second kappa shape index (κ2) is 23.9. The number of hydrogen-bond donors (Lipinski definition) is 0. The molecule has 0 aromatic heterocycles. The number of nitrogens with zero attached hydrogens (tertiary/aromatic N) is 1. The van der Waals surface area contributed by atoms with Crippen molar-refractivity contribution < 1.29 is 44.8 Å². The van der Waals surface area contributed by atoms with E-state index in [2.05, 4.69) is 212 Å². The zero-order valence-electron chi connectivity index (χ0n) is 36.7. The number of nitriles is 1. The number of benzene rings is 11. The van der Waals surface area contributed by atoms with Gasteiger partial charge in [-0.05, 0) is 93.0 Å². The SMILES string of the molecule is N#Cc1ccc([PH+](c2ccccc2)c2ccccc2)c([PH+](c2ccccc2)c2ccccc2)c1.[Ag+].[Ag+].[C-]#Cc1cccc2c1ccc1ccccc12.[C-]#Cc1cccc2c1ccc1ccccc12. The first-order valence-corrected chi connectivity index (χ1v) is 24.8. The van der Waals surface area contributed by atoms with E-state index in [1.165, 1.54) is 64.1 Å². The van der Waals surface area contributed by atoms with E-state index in [1.54, 1.807) is 0 Å². The Morgan fingerprint density at radius 1 is 0.309 bits per heavy atom. The minimum atomic E-state index is -1.32. The Balaban J connectivity index is 0.000000167. The molecular weight excluding hydrogens is 1050 g/mol. The second-order valence-electron chi connectivity index (χ2n) is 15.7. The molecule has 0 amide bonds. The van der Waals surface area contributed by atoms with E-state index < -0.39 is 15.8 Å². The minimum Gasteiger partial charge on any atom is -0.366 e. The smallest absolute Gasteiger partial charge is 0.366 e. The van der Waals surface area contributed by atoms with Gasteiger partial charge >= 0.3 is 44.8 Å². The molecule has 0 heterocycles. The van der Waals surface area contributed by atoms with Crippen molar-refractivity contribution >= 4 is 90.8 Å². The first-order chi connectivity index (χ1) is 32.6. The first-order valence-electron chi connectivity index (χ1n) is 21.8. The van der Waals surface area contributed by atoms with Crippen LogP contribution >= 0.6 is 15.8 Å². The van der Waals surface area contributed by atoms with E-state index in [-0.39, 0.29) is 44.8 Å². The largest absolute Gasteiger partial charge is 1.00 e. The van der Waals surface area contributed by atoms with Crippen LogP contribution in [0.3, 0.4) is 0 Å². The third-order valence-electron chi connectivity index (χ3n) is 11.8. The Morgan fingerprint density at radius 3 is 1.04 bits per heavy atom. The molecule has 0 radical (unpaired) electrons. The second-order valence-corrected chi connectivity index (χ2v) is 20.6. The van der Waals surface area contributed by atoms with Crippen molar-refractivity contribution in [1.29, 1.82) is 5.26 Å². The summed E-state index contributed by atoms with van der Waals surface area (Å²) >= 11 is 0. The normalized spacial score (nSPS) is 10.3. The van der Waals surface area contributed by atoms with Crippen molar-refractivity contribution in [3.63, 3.8) is 0 Å². The summed E-state index contributed by atoms with van der Waals surface area (Å²) in [5.74, 6) is 4.97. The molecule has 1 nitrogen and oxygen atoms in total. The maximum Gasteiger partial charge on any atom is 1.00 e. The quantitative estimate of drug-likeness (QED) is 0.0535. The summed E-state index contributed by atoms with van der Waals surface area (Å²) in [5, 5.41) is 27.4. The summed E-state index contributed by atoms with van der Waals surface area (Å²) < 4.78 is 0. The molecule has 0 aliphatic carbocycles. The fraction of sp³-hybridized carbons (Fsp3) is 0. The molecule has 5 heteroatoms. The zero-order chi connectivity index (χ0) is 45.1. The molecule has 0 saturated heterocycles. The summed E-state index contributed by atoms with van der Waals surface area (Å²) in [7, 11) is -2.60. The van der Waals surface area contributed by atoms with Gasteiger partial charge in [-0.15, -0.1) is 23.3 Å². The van der Waals surface area contributed by atoms with Crippen LogP contribution in [0.15, 0.2) is 249 Å². The van der Waals surface area contributed by atoms with Crippen molar-refractivity contribution in [2.24, 2.45) is 0 Å². The van der Waals surface area contributed by atoms with Crippen LogP contribution in [0.25, 0.3) is 43.1 Å². The molecule has 11 aromatic carbocycles. The van der Waals surface area contributed by atoms with Gasteiger partial charge in [0.2, 0.25) is 0 Å². The summed E-state index contributed by atoms with van der Waals surface area (Å²) in [6, 6.07) is 89.0. The van der Waals surface area contributed by atoms with Crippen molar-refractivity contribution in [3.05, 3.63) is 278 Å². The van der Waals surface area contributed by atoms with Crippen LogP contribution in [0.5, 0.6) is 0 Å². The van der Waals surface area contributed by atoms with Gasteiger partial charge in [0.1, 0.15) is 47.7 Å². The Hall–Kier alpha value is -6.59. The van der Waals surface area contributed by atoms with Crippen LogP contribution in [0, 0.1) is 36.0 Å². The molecule has 0 atom stereocenters. The van der Waals surface area contributed by atoms with Crippen molar-refractivity contribution in [1.82, 2.24) is 0 Å². The summed E-state index contributed by atoms with van der Waals surface area (Å²) in [4.78, 5) is 0. The molecule has 0 fully saturated rings. The van der Waals surface area contributed by atoms with Crippen molar-refractivity contribution in [2.45, 2.75) is 0 Å². The molecule has 11 rings (SSSR count). The molecule has 0 aliphatic heterocycles. The standard InChI is InChI=1S/C31H23NP2.2C16H9.2Ag/c32-24-25-21-22-30(33(26-13-5-1-6-14-26)27-15-7-2-8-16-27)31(23-25)34(28-17-9-3-10-18-28)29-19-11-4-12-20-29;2*1-2-12-7-5-9-16-14-8-4-3-6-13(14)10-11-15(12)16;;/h1-23H;2*3-11H;;/q;2*-1;2*+1/p+2. The third kappa shape index (κ3) is 10.9. The topological polar surface area (TPSA) is 23.8 Å². The van der Waals surface area contributed by atoms with E-state index in [0.29, 0.717) is 0 Å². The van der Waals surface area contributed by atoms with Gasteiger partial charge < -0.3 is 12.8 Å². The number of hydrogen-bond acceptors (Lipinski definition) is 1. The minimum absolute atomic E-state index is 0. The average molecular weight is 1090 g/mol. The Kier molecular flexibility index (Phi) is 17.4. The van der Waals surface area contributed by atoms with Crippen LogP contribution in [-0.4, -0.2) is 0 Å². The molecular formula is C63H43Ag2NP2+2. The fourth-order valence-electron chi connectivity index (χ4n) is 8.71. The molecule has 0 unspecified atom stereocenters. The van der Waals surface area contributed by atoms with E-state index in [0.717, 1.165) is 27.5 Å². The number of rotatable bonds is 6. The molecule has 11 aromatic rings. The Bertz CT molecular complexity index is 3370. The van der Waals surface area contributed by atoms with E-state index in [1.807, 2.05) is 54.6 Å². The van der Waals surface area contributed by atoms with Crippen LogP contribution < -0.4 is 31.8 Å². The maximum atomic E-state index is 9.82. The zero-order valence-corrected chi connectivity index (χ0v) is 41.7. The average Bonchev–Trinajstić information content (AvgIpc) is 3.40. The van der Waals surface area contributed by atoms with Crippen LogP contribution in [0.1, 0.15) is 16.7 Å². The van der Waals surface area contributed by atoms with Gasteiger partial charge in [0.25, 0.3) is 0 Å². The predicted octanol–water partition coefficient (Wildman–Crippen LogP) is 12.4. The van der Waals surface area contributed by atoms with E-state index in [9.17, 15) is 5.26 Å². The van der Waals surface area contributed by atoms with Gasteiger partial charge in [-0.1, -0.05) is 181 Å². The van der Waals surface area contributed by atoms with Gasteiger partial charge in [0.05, 0.1) is 11.6 Å². The Morgan fingerprint density at radius 2 is 0.662 bits per heavy atom. The molecule has 0 N–H and O–H groups in total. The molecule has 0 spiro atoms. The van der Waals surface area contributed by atoms with Gasteiger partial charge in [-0.3, -0.25) is 11.8 Å². The monoisotopic (exact) mass is 1090 g/mol. The van der Waals surface area contributed by atoms with Crippen LogP contribution in [-0.2, 0) is 44.8 Å². The third-order valence-corrected chi connectivity index (χ3v) is 17.6. The van der Waals surface area contributed by atoms with Gasteiger partial charge in [0.15, 0.2) is 0 Å². The molecule has 0 saturated carbocycles. The molecule has 68 heavy (non-hydrogen) atoms.